The van der Waals surface area contributed by atoms with Crippen molar-refractivity contribution in [3.8, 4) is 10.6 Å². The minimum atomic E-state index is -0.241. The number of hydrogen-bond donors (Lipinski definition) is 1. The predicted octanol–water partition coefficient (Wildman–Crippen LogP) is 3.16. The molecule has 1 spiro atoms. The number of thiophene rings is 1. The van der Waals surface area contributed by atoms with E-state index in [1.54, 1.807) is 23.7 Å². The molecule has 0 aliphatic carbocycles. The number of piperidine rings is 2. The van der Waals surface area contributed by atoms with Gasteiger partial charge in [-0.25, -0.2) is 0 Å². The number of hydrogen-bond acceptors (Lipinski definition) is 6. The Kier molecular flexibility index (Phi) is 6.20. The number of amides is 1. The lowest BCUT2D eigenvalue weighted by Gasteiger charge is -2.44. The smallest absolute Gasteiger partial charge is 0.239 e. The van der Waals surface area contributed by atoms with Gasteiger partial charge in [-0.15, -0.1) is 23.7 Å². The topological polar surface area (TPSA) is 67.4 Å². The molecule has 3 aliphatic rings. The van der Waals surface area contributed by atoms with Crippen molar-refractivity contribution in [1.29, 1.82) is 0 Å². The van der Waals surface area contributed by atoms with Gasteiger partial charge in [0.05, 0.1) is 29.4 Å². The monoisotopic (exact) mass is 434 g/mol. The van der Waals surface area contributed by atoms with Crippen molar-refractivity contribution in [2.75, 3.05) is 26.2 Å². The van der Waals surface area contributed by atoms with Crippen LogP contribution in [0.5, 0.6) is 0 Å². The normalized spacial score (nSPS) is 23.3. The first-order valence-corrected chi connectivity index (χ1v) is 11.1. The van der Waals surface area contributed by atoms with Gasteiger partial charge in [-0.3, -0.25) is 14.8 Å². The fraction of sp³-hybridized carbons (Fsp3) is 0.571. The number of aromatic nitrogens is 2. The standard InChI is InChI=1S/C21H26N4O2S.ClH/c26-20(16-3-1-2-7-23-16)25-10-5-21(6-11-25)19-15(4-12-27-21)13-18(28-19)17-14-22-8-9-24-17;/h8-9,13-14,16,23H,1-7,10-12H2;1H/t16-;/m0./s1. The molecule has 5 rings (SSSR count). The van der Waals surface area contributed by atoms with Crippen molar-refractivity contribution in [2.45, 2.75) is 50.2 Å². The second-order valence-corrected chi connectivity index (χ2v) is 9.03. The number of likely N-dealkylation sites (tertiary alicyclic amines) is 1. The van der Waals surface area contributed by atoms with E-state index < -0.39 is 0 Å². The molecule has 1 amide bonds. The van der Waals surface area contributed by atoms with Gasteiger partial charge in [0, 0.05) is 30.4 Å². The third-order valence-corrected chi connectivity index (χ3v) is 7.66. The van der Waals surface area contributed by atoms with Gasteiger partial charge in [0.2, 0.25) is 5.91 Å². The Morgan fingerprint density at radius 3 is 2.86 bits per heavy atom. The summed E-state index contributed by atoms with van der Waals surface area (Å²) in [5, 5.41) is 3.39. The summed E-state index contributed by atoms with van der Waals surface area (Å²) in [7, 11) is 0. The Morgan fingerprint density at radius 2 is 2.14 bits per heavy atom. The number of halogens is 1. The van der Waals surface area contributed by atoms with E-state index in [0.29, 0.717) is 0 Å². The third-order valence-electron chi connectivity index (χ3n) is 6.28. The Balaban J connectivity index is 0.00000205. The summed E-state index contributed by atoms with van der Waals surface area (Å²) in [5.41, 5.74) is 2.06. The maximum Gasteiger partial charge on any atom is 0.239 e. The largest absolute Gasteiger partial charge is 0.369 e. The number of fused-ring (bicyclic) bond motifs is 2. The van der Waals surface area contributed by atoms with Gasteiger partial charge in [-0.05, 0) is 50.3 Å². The van der Waals surface area contributed by atoms with Crippen molar-refractivity contribution in [3.05, 3.63) is 35.1 Å². The Morgan fingerprint density at radius 1 is 1.28 bits per heavy atom. The van der Waals surface area contributed by atoms with Crippen LogP contribution in [-0.4, -0.2) is 53.1 Å². The molecular formula is C21H27ClN4O2S. The van der Waals surface area contributed by atoms with Crippen molar-refractivity contribution in [2.24, 2.45) is 0 Å². The molecule has 0 aromatic carbocycles. The van der Waals surface area contributed by atoms with E-state index in [2.05, 4.69) is 21.4 Å². The highest BCUT2D eigenvalue weighted by molar-refractivity contribution is 7.15. The molecule has 2 aromatic heterocycles. The van der Waals surface area contributed by atoms with E-state index in [1.165, 1.54) is 16.9 Å². The van der Waals surface area contributed by atoms with Crippen LogP contribution in [0.25, 0.3) is 10.6 Å². The molecule has 156 valence electrons. The van der Waals surface area contributed by atoms with Gasteiger partial charge in [-0.2, -0.15) is 0 Å². The number of carbonyl (C=O) groups is 1. The quantitative estimate of drug-likeness (QED) is 0.786. The van der Waals surface area contributed by atoms with Gasteiger partial charge >= 0.3 is 0 Å². The van der Waals surface area contributed by atoms with E-state index in [9.17, 15) is 4.79 Å². The molecule has 5 heterocycles. The summed E-state index contributed by atoms with van der Waals surface area (Å²) in [5.74, 6) is 0.275. The zero-order valence-electron chi connectivity index (χ0n) is 16.4. The molecule has 1 N–H and O–H groups in total. The fourth-order valence-electron chi connectivity index (χ4n) is 4.72. The van der Waals surface area contributed by atoms with E-state index in [4.69, 9.17) is 4.74 Å². The van der Waals surface area contributed by atoms with Crippen LogP contribution in [-0.2, 0) is 21.6 Å². The van der Waals surface area contributed by atoms with Crippen molar-refractivity contribution in [1.82, 2.24) is 20.2 Å². The average Bonchev–Trinajstić information content (AvgIpc) is 3.21. The minimum Gasteiger partial charge on any atom is -0.369 e. The summed E-state index contributed by atoms with van der Waals surface area (Å²) >= 11 is 1.79. The lowest BCUT2D eigenvalue weighted by molar-refractivity contribution is -0.142. The van der Waals surface area contributed by atoms with Crippen LogP contribution < -0.4 is 5.32 Å². The van der Waals surface area contributed by atoms with Gasteiger partial charge in [-0.1, -0.05) is 6.42 Å². The van der Waals surface area contributed by atoms with Gasteiger partial charge in [0.25, 0.3) is 0 Å². The predicted molar refractivity (Wildman–Crippen MR) is 115 cm³/mol. The SMILES string of the molecule is Cl.O=C([C@@H]1CCCCN1)N1CCC2(CC1)OCCc1cc(-c3cnccn3)sc12. The summed E-state index contributed by atoms with van der Waals surface area (Å²) in [6, 6.07) is 2.27. The van der Waals surface area contributed by atoms with Crippen LogP contribution in [0.2, 0.25) is 0 Å². The second-order valence-electron chi connectivity index (χ2n) is 7.98. The van der Waals surface area contributed by atoms with Gasteiger partial charge < -0.3 is 15.0 Å². The summed E-state index contributed by atoms with van der Waals surface area (Å²) in [6.07, 6.45) is 11.3. The Hall–Kier alpha value is -1.54. The molecule has 8 heteroatoms. The number of rotatable bonds is 2. The fourth-order valence-corrected chi connectivity index (χ4v) is 6.09. The van der Waals surface area contributed by atoms with Crippen LogP contribution in [0.15, 0.2) is 24.7 Å². The summed E-state index contributed by atoms with van der Waals surface area (Å²) < 4.78 is 6.38. The molecule has 2 fully saturated rings. The molecule has 1 atom stereocenters. The molecule has 0 unspecified atom stereocenters. The Labute approximate surface area is 181 Å². The summed E-state index contributed by atoms with van der Waals surface area (Å²) in [4.78, 5) is 26.1. The second kappa shape index (κ2) is 8.68. The Bertz CT molecular complexity index is 846. The molecule has 29 heavy (non-hydrogen) atoms. The highest BCUT2D eigenvalue weighted by Crippen LogP contribution is 2.47. The maximum atomic E-state index is 12.9. The molecular weight excluding hydrogens is 408 g/mol. The van der Waals surface area contributed by atoms with E-state index in [1.807, 2.05) is 11.1 Å². The van der Waals surface area contributed by atoms with Crippen molar-refractivity contribution < 1.29 is 9.53 Å². The van der Waals surface area contributed by atoms with E-state index in [0.717, 1.165) is 68.9 Å². The van der Waals surface area contributed by atoms with Crippen LogP contribution >= 0.6 is 23.7 Å². The van der Waals surface area contributed by atoms with E-state index in [-0.39, 0.29) is 30.0 Å². The molecule has 6 nitrogen and oxygen atoms in total. The molecule has 0 saturated carbocycles. The highest BCUT2D eigenvalue weighted by atomic mass is 35.5. The molecule has 0 bridgehead atoms. The zero-order valence-corrected chi connectivity index (χ0v) is 18.1. The van der Waals surface area contributed by atoms with Gasteiger partial charge in [0.15, 0.2) is 0 Å². The number of carbonyl (C=O) groups excluding carboxylic acids is 1. The number of nitrogens with zero attached hydrogens (tertiary/aromatic N) is 3. The van der Waals surface area contributed by atoms with Crippen LogP contribution in [0, 0.1) is 0 Å². The lowest BCUT2D eigenvalue weighted by atomic mass is 9.85. The average molecular weight is 435 g/mol. The molecule has 0 radical (unpaired) electrons. The number of nitrogens with one attached hydrogen (secondary N) is 1. The lowest BCUT2D eigenvalue weighted by Crippen LogP contribution is -2.53. The third kappa shape index (κ3) is 3.93. The zero-order chi connectivity index (χ0) is 19.0. The maximum absolute atomic E-state index is 12.9. The first-order chi connectivity index (χ1) is 13.8. The first-order valence-electron chi connectivity index (χ1n) is 10.3. The van der Waals surface area contributed by atoms with Crippen LogP contribution in [0.3, 0.4) is 0 Å². The van der Waals surface area contributed by atoms with Crippen molar-refractivity contribution in [3.63, 3.8) is 0 Å². The number of ether oxygens (including phenoxy) is 1. The van der Waals surface area contributed by atoms with Crippen molar-refractivity contribution >= 4 is 29.7 Å². The van der Waals surface area contributed by atoms with E-state index >= 15 is 0 Å². The molecule has 2 saturated heterocycles. The molecule has 2 aromatic rings. The molecule has 3 aliphatic heterocycles. The summed E-state index contributed by atoms with van der Waals surface area (Å²) in [6.45, 7) is 3.26. The minimum absolute atomic E-state index is 0. The van der Waals surface area contributed by atoms with Gasteiger partial charge in [0.1, 0.15) is 5.60 Å². The highest BCUT2D eigenvalue weighted by Gasteiger charge is 2.44. The first kappa shape index (κ1) is 20.7. The van der Waals surface area contributed by atoms with Crippen LogP contribution in [0.1, 0.15) is 42.5 Å². The van der Waals surface area contributed by atoms with Crippen LogP contribution in [0.4, 0.5) is 0 Å².